The second-order valence-corrected chi connectivity index (χ2v) is 8.78. The summed E-state index contributed by atoms with van der Waals surface area (Å²) in [4.78, 5) is 0. The zero-order chi connectivity index (χ0) is 23.9. The van der Waals surface area contributed by atoms with Crippen molar-refractivity contribution in [2.45, 2.75) is 105 Å². The van der Waals surface area contributed by atoms with E-state index < -0.39 is 91.7 Å². The fourth-order valence-electron chi connectivity index (χ4n) is 4.37. The predicted molar refractivity (Wildman–Crippen MR) is 106 cm³/mol. The van der Waals surface area contributed by atoms with Crippen LogP contribution in [0.2, 0.25) is 0 Å². The Kier molecular flexibility index (Phi) is 8.44. The molecule has 14 heteroatoms. The summed E-state index contributed by atoms with van der Waals surface area (Å²) < 4.78 is 22.7. The second kappa shape index (κ2) is 10.4. The van der Waals surface area contributed by atoms with E-state index in [1.54, 1.807) is 0 Å². The number of hydrogen-bond donors (Lipinski definition) is 10. The predicted octanol–water partition coefficient (Wildman–Crippen LogP) is -6.26. The van der Waals surface area contributed by atoms with E-state index in [4.69, 9.17) is 41.9 Å². The summed E-state index contributed by atoms with van der Waals surface area (Å²) in [6.45, 7) is 1.30. The minimum atomic E-state index is -1.47. The van der Waals surface area contributed by atoms with Gasteiger partial charge in [0.15, 0.2) is 12.6 Å². The Morgan fingerprint density at radius 2 is 1.44 bits per heavy atom. The first-order chi connectivity index (χ1) is 15.0. The molecule has 3 fully saturated rings. The summed E-state index contributed by atoms with van der Waals surface area (Å²) in [5.41, 5.74) is 23.7. The lowest BCUT2D eigenvalue weighted by Crippen LogP contribution is -2.68. The van der Waals surface area contributed by atoms with E-state index >= 15 is 0 Å². The van der Waals surface area contributed by atoms with Crippen LogP contribution in [0.5, 0.6) is 0 Å². The van der Waals surface area contributed by atoms with Crippen molar-refractivity contribution in [3.05, 3.63) is 0 Å². The smallest absolute Gasteiger partial charge is 0.187 e. The van der Waals surface area contributed by atoms with Crippen molar-refractivity contribution in [3.8, 4) is 0 Å². The maximum atomic E-state index is 10.7. The van der Waals surface area contributed by atoms with Gasteiger partial charge in [-0.15, -0.1) is 0 Å². The first-order valence-electron chi connectivity index (χ1n) is 10.6. The van der Waals surface area contributed by atoms with Crippen molar-refractivity contribution in [1.29, 1.82) is 0 Å². The van der Waals surface area contributed by atoms with Crippen LogP contribution >= 0.6 is 0 Å². The Labute approximate surface area is 185 Å². The SMILES string of the molecule is C[C@@H](O)C1O[C@H](O[C@@H]2C(N)C[C@@H](N)[C@@H](O)C2O[C@@H]2O[C@H](CN)[C@H](O)C2O)[C@@H](N)C(O)[C@@H]1O. The average molecular weight is 469 g/mol. The fraction of sp³-hybridized carbons (Fsp3) is 1.00. The minimum absolute atomic E-state index is 0.0734. The van der Waals surface area contributed by atoms with Crippen LogP contribution in [0.1, 0.15) is 13.3 Å². The summed E-state index contributed by atoms with van der Waals surface area (Å²) in [5.74, 6) is 0. The van der Waals surface area contributed by atoms with Gasteiger partial charge in [-0.1, -0.05) is 0 Å². The van der Waals surface area contributed by atoms with Gasteiger partial charge >= 0.3 is 0 Å². The normalized spacial score (nSPS) is 53.3. The zero-order valence-corrected chi connectivity index (χ0v) is 17.7. The van der Waals surface area contributed by atoms with Crippen LogP contribution < -0.4 is 22.9 Å². The van der Waals surface area contributed by atoms with Crippen LogP contribution in [-0.4, -0.2) is 129 Å². The lowest BCUT2D eigenvalue weighted by molar-refractivity contribution is -0.315. The van der Waals surface area contributed by atoms with Gasteiger partial charge in [0.25, 0.3) is 0 Å². The highest BCUT2D eigenvalue weighted by Gasteiger charge is 2.52. The fourth-order valence-corrected chi connectivity index (χ4v) is 4.37. The molecule has 32 heavy (non-hydrogen) atoms. The first-order valence-corrected chi connectivity index (χ1v) is 10.6. The topological polar surface area (TPSA) is 262 Å². The molecule has 3 rings (SSSR count). The molecule has 3 aliphatic rings. The molecule has 0 aromatic carbocycles. The molecule has 0 spiro atoms. The molecule has 0 aromatic heterocycles. The molecule has 14 nitrogen and oxygen atoms in total. The molecule has 1 aliphatic carbocycles. The Morgan fingerprint density at radius 1 is 0.812 bits per heavy atom. The van der Waals surface area contributed by atoms with E-state index in [1.165, 1.54) is 6.92 Å². The molecule has 0 bridgehead atoms. The number of aliphatic hydroxyl groups excluding tert-OH is 6. The molecule has 0 amide bonds. The van der Waals surface area contributed by atoms with E-state index in [0.717, 1.165) is 0 Å². The molecule has 188 valence electrons. The largest absolute Gasteiger partial charge is 0.391 e. The molecule has 2 heterocycles. The molecule has 0 aromatic rings. The van der Waals surface area contributed by atoms with Gasteiger partial charge in [-0.3, -0.25) is 0 Å². The third-order valence-electron chi connectivity index (χ3n) is 6.36. The van der Waals surface area contributed by atoms with Crippen LogP contribution in [-0.2, 0) is 18.9 Å². The van der Waals surface area contributed by atoms with Crippen molar-refractivity contribution in [2.24, 2.45) is 22.9 Å². The molecule has 15 atom stereocenters. The van der Waals surface area contributed by atoms with E-state index in [0.29, 0.717) is 0 Å². The van der Waals surface area contributed by atoms with E-state index in [-0.39, 0.29) is 13.0 Å². The van der Waals surface area contributed by atoms with E-state index in [2.05, 4.69) is 0 Å². The highest BCUT2D eigenvalue weighted by atomic mass is 16.7. The summed E-state index contributed by atoms with van der Waals surface area (Å²) >= 11 is 0. The zero-order valence-electron chi connectivity index (χ0n) is 17.7. The van der Waals surface area contributed by atoms with Crippen LogP contribution in [0.4, 0.5) is 0 Å². The first kappa shape index (κ1) is 26.1. The number of hydrogen-bond acceptors (Lipinski definition) is 14. The van der Waals surface area contributed by atoms with E-state index in [1.807, 2.05) is 0 Å². The molecule has 2 aliphatic heterocycles. The van der Waals surface area contributed by atoms with Gasteiger partial charge in [0.05, 0.1) is 18.2 Å². The van der Waals surface area contributed by atoms with Crippen LogP contribution in [0.15, 0.2) is 0 Å². The van der Waals surface area contributed by atoms with Gasteiger partial charge in [-0.2, -0.15) is 0 Å². The van der Waals surface area contributed by atoms with Gasteiger partial charge < -0.3 is 72.5 Å². The number of rotatable bonds is 6. The molecular weight excluding hydrogens is 432 g/mol. The Balaban J connectivity index is 1.79. The number of nitrogens with two attached hydrogens (primary N) is 4. The minimum Gasteiger partial charge on any atom is -0.391 e. The van der Waals surface area contributed by atoms with Gasteiger partial charge in [-0.25, -0.2) is 0 Å². The third kappa shape index (κ3) is 4.94. The Bertz CT molecular complexity index is 620. The van der Waals surface area contributed by atoms with Crippen molar-refractivity contribution >= 4 is 0 Å². The molecule has 5 unspecified atom stereocenters. The van der Waals surface area contributed by atoms with Crippen LogP contribution in [0.25, 0.3) is 0 Å². The van der Waals surface area contributed by atoms with Crippen molar-refractivity contribution in [3.63, 3.8) is 0 Å². The second-order valence-electron chi connectivity index (χ2n) is 8.78. The quantitative estimate of drug-likeness (QED) is 0.174. The summed E-state index contributed by atoms with van der Waals surface area (Å²) in [7, 11) is 0. The lowest BCUT2D eigenvalue weighted by atomic mass is 9.84. The summed E-state index contributed by atoms with van der Waals surface area (Å²) in [6, 6.07) is -2.78. The number of ether oxygens (including phenoxy) is 4. The Morgan fingerprint density at radius 3 is 2.00 bits per heavy atom. The van der Waals surface area contributed by atoms with Crippen molar-refractivity contribution < 1.29 is 49.6 Å². The highest BCUT2D eigenvalue weighted by Crippen LogP contribution is 2.32. The maximum absolute atomic E-state index is 10.7. The van der Waals surface area contributed by atoms with Gasteiger partial charge in [0.2, 0.25) is 0 Å². The highest BCUT2D eigenvalue weighted by molar-refractivity contribution is 5.01. The summed E-state index contributed by atoms with van der Waals surface area (Å²) in [6.07, 6.45) is -15.1. The molecular formula is C18H36N4O10. The number of aliphatic hydroxyl groups is 6. The van der Waals surface area contributed by atoms with E-state index in [9.17, 15) is 30.6 Å². The van der Waals surface area contributed by atoms with Crippen LogP contribution in [0.3, 0.4) is 0 Å². The van der Waals surface area contributed by atoms with Crippen molar-refractivity contribution in [2.75, 3.05) is 6.54 Å². The maximum Gasteiger partial charge on any atom is 0.187 e. The molecule has 14 N–H and O–H groups in total. The average Bonchev–Trinajstić information content (AvgIpc) is 3.01. The van der Waals surface area contributed by atoms with Crippen LogP contribution in [0, 0.1) is 0 Å². The lowest BCUT2D eigenvalue weighted by Gasteiger charge is -2.47. The molecule has 0 radical (unpaired) electrons. The monoisotopic (exact) mass is 468 g/mol. The van der Waals surface area contributed by atoms with Gasteiger partial charge in [0.1, 0.15) is 48.8 Å². The molecule has 2 saturated heterocycles. The van der Waals surface area contributed by atoms with Gasteiger partial charge in [-0.05, 0) is 13.3 Å². The Hall–Kier alpha value is -0.560. The molecule has 1 saturated carbocycles. The van der Waals surface area contributed by atoms with Crippen molar-refractivity contribution in [1.82, 2.24) is 0 Å². The standard InChI is InChI=1S/C18H36N4O10/c1-4(23)14-12(27)11(26)8(22)17(30-14)31-15-6(21)2-5(20)9(24)16(15)32-18-13(28)10(25)7(3-19)29-18/h4-18,23-28H,2-3,19-22H2,1H3/t4-,5-,6?,7-,8+,9-,10+,11?,12+,13?,14?,15-,16?,17-,18+/m1/s1. The third-order valence-corrected chi connectivity index (χ3v) is 6.36. The summed E-state index contributed by atoms with van der Waals surface area (Å²) in [5, 5.41) is 61.2. The van der Waals surface area contributed by atoms with Gasteiger partial charge in [0, 0.05) is 18.6 Å².